The molecule has 1 fully saturated rings. The van der Waals surface area contributed by atoms with E-state index in [1.807, 2.05) is 30.3 Å². The Bertz CT molecular complexity index is 1040. The Kier molecular flexibility index (Phi) is 4.10. The molecule has 134 valence electrons. The third-order valence-corrected chi connectivity index (χ3v) is 5.63. The maximum Gasteiger partial charge on any atom is 0.151 e. The maximum absolute atomic E-state index is 4.52. The third-order valence-electron chi connectivity index (χ3n) is 4.74. The summed E-state index contributed by atoms with van der Waals surface area (Å²) in [4.78, 5) is 17.6. The molecule has 5 heterocycles. The minimum Gasteiger partial charge on any atom is -0.352 e. The molecule has 0 aliphatic carbocycles. The topological polar surface area (TPSA) is 70.9 Å². The molecule has 0 aromatic carbocycles. The highest BCUT2D eigenvalue weighted by molar-refractivity contribution is 7.17. The van der Waals surface area contributed by atoms with Crippen molar-refractivity contribution in [1.29, 1.82) is 0 Å². The Morgan fingerprint density at radius 1 is 0.889 bits per heavy atom. The first kappa shape index (κ1) is 16.1. The van der Waals surface area contributed by atoms with Crippen molar-refractivity contribution in [3.63, 3.8) is 0 Å². The first-order chi connectivity index (χ1) is 13.4. The van der Waals surface area contributed by atoms with Gasteiger partial charge in [0.2, 0.25) is 0 Å². The van der Waals surface area contributed by atoms with Crippen LogP contribution in [-0.4, -0.2) is 51.3 Å². The minimum absolute atomic E-state index is 0.839. The minimum atomic E-state index is 0.839. The van der Waals surface area contributed by atoms with Gasteiger partial charge >= 0.3 is 0 Å². The number of hydrogen-bond acceptors (Lipinski definition) is 8. The molecule has 0 radical (unpaired) electrons. The summed E-state index contributed by atoms with van der Waals surface area (Å²) in [7, 11) is 0. The number of rotatable bonds is 3. The second kappa shape index (κ2) is 6.88. The van der Waals surface area contributed by atoms with E-state index in [1.165, 1.54) is 0 Å². The molecule has 8 heteroatoms. The molecule has 0 amide bonds. The molecule has 0 saturated carbocycles. The van der Waals surface area contributed by atoms with Gasteiger partial charge in [0.05, 0.1) is 15.9 Å². The van der Waals surface area contributed by atoms with E-state index >= 15 is 0 Å². The van der Waals surface area contributed by atoms with Crippen LogP contribution < -0.4 is 9.80 Å². The van der Waals surface area contributed by atoms with Crippen LogP contribution in [0.2, 0.25) is 0 Å². The Morgan fingerprint density at radius 2 is 1.78 bits per heavy atom. The molecular formula is C19H17N7S. The monoisotopic (exact) mass is 375 g/mol. The van der Waals surface area contributed by atoms with Gasteiger partial charge in [-0.2, -0.15) is 0 Å². The fourth-order valence-electron chi connectivity index (χ4n) is 3.31. The zero-order valence-corrected chi connectivity index (χ0v) is 15.4. The van der Waals surface area contributed by atoms with Gasteiger partial charge in [-0.1, -0.05) is 0 Å². The van der Waals surface area contributed by atoms with Crippen LogP contribution in [0.3, 0.4) is 0 Å². The summed E-state index contributed by atoms with van der Waals surface area (Å²) in [6, 6.07) is 9.98. The second-order valence-corrected chi connectivity index (χ2v) is 7.24. The van der Waals surface area contributed by atoms with Gasteiger partial charge in [0.25, 0.3) is 0 Å². The second-order valence-electron chi connectivity index (χ2n) is 6.32. The van der Waals surface area contributed by atoms with Gasteiger partial charge in [0.15, 0.2) is 5.82 Å². The molecule has 0 atom stereocenters. The number of thiophene rings is 1. The van der Waals surface area contributed by atoms with Crippen molar-refractivity contribution in [3.05, 3.63) is 54.4 Å². The SMILES string of the molecule is c1cncc(-c2ccc(N3CCN(c4ncnc5ccsc45)CC3)nn2)c1. The highest BCUT2D eigenvalue weighted by Gasteiger charge is 2.21. The summed E-state index contributed by atoms with van der Waals surface area (Å²) in [6.07, 6.45) is 5.21. The smallest absolute Gasteiger partial charge is 0.151 e. The standard InChI is InChI=1S/C19H17N7S/c1-2-14(12-20-6-1)15-3-4-17(24-23-15)25-7-9-26(10-8-25)19-18-16(5-11-27-18)21-13-22-19/h1-6,11-13H,7-10H2. The fourth-order valence-corrected chi connectivity index (χ4v) is 4.17. The van der Waals surface area contributed by atoms with Crippen molar-refractivity contribution < 1.29 is 0 Å². The molecule has 1 aliphatic rings. The Labute approximate surface area is 160 Å². The van der Waals surface area contributed by atoms with Gasteiger partial charge < -0.3 is 9.80 Å². The Morgan fingerprint density at radius 3 is 2.56 bits per heavy atom. The Hall–Kier alpha value is -3.13. The molecular weight excluding hydrogens is 358 g/mol. The zero-order valence-electron chi connectivity index (χ0n) is 14.6. The van der Waals surface area contributed by atoms with Crippen molar-refractivity contribution in [1.82, 2.24) is 25.1 Å². The number of aromatic nitrogens is 5. The summed E-state index contributed by atoms with van der Waals surface area (Å²) < 4.78 is 1.16. The third kappa shape index (κ3) is 3.08. The predicted octanol–water partition coefficient (Wildman–Crippen LogP) is 2.87. The van der Waals surface area contributed by atoms with Crippen LogP contribution in [0.4, 0.5) is 11.6 Å². The van der Waals surface area contributed by atoms with Crippen molar-refractivity contribution >= 4 is 33.2 Å². The number of nitrogens with zero attached hydrogens (tertiary/aromatic N) is 7. The van der Waals surface area contributed by atoms with E-state index in [9.17, 15) is 0 Å². The molecule has 4 aromatic heterocycles. The molecule has 1 aliphatic heterocycles. The van der Waals surface area contributed by atoms with E-state index in [0.29, 0.717) is 0 Å². The molecule has 4 aromatic rings. The van der Waals surface area contributed by atoms with E-state index in [2.05, 4.69) is 40.3 Å². The number of pyridine rings is 1. The summed E-state index contributed by atoms with van der Waals surface area (Å²) in [5, 5.41) is 10.9. The van der Waals surface area contributed by atoms with Crippen molar-refractivity contribution in [2.45, 2.75) is 0 Å². The molecule has 0 N–H and O–H groups in total. The molecule has 5 rings (SSSR count). The van der Waals surface area contributed by atoms with Crippen LogP contribution in [0.1, 0.15) is 0 Å². The van der Waals surface area contributed by atoms with E-state index in [-0.39, 0.29) is 0 Å². The summed E-state index contributed by atoms with van der Waals surface area (Å²) in [6.45, 7) is 3.57. The highest BCUT2D eigenvalue weighted by Crippen LogP contribution is 2.29. The summed E-state index contributed by atoms with van der Waals surface area (Å²) >= 11 is 1.70. The van der Waals surface area contributed by atoms with Gasteiger partial charge in [-0.3, -0.25) is 4.98 Å². The first-order valence-electron chi connectivity index (χ1n) is 8.81. The normalized spacial score (nSPS) is 14.7. The first-order valence-corrected chi connectivity index (χ1v) is 9.69. The maximum atomic E-state index is 4.52. The Balaban J connectivity index is 1.30. The lowest BCUT2D eigenvalue weighted by Crippen LogP contribution is -2.47. The molecule has 0 bridgehead atoms. The van der Waals surface area contributed by atoms with E-state index in [0.717, 1.165) is 59.3 Å². The van der Waals surface area contributed by atoms with Gasteiger partial charge in [-0.15, -0.1) is 21.5 Å². The van der Waals surface area contributed by atoms with Crippen LogP contribution in [0.15, 0.2) is 54.4 Å². The van der Waals surface area contributed by atoms with Gasteiger partial charge in [0, 0.05) is 44.1 Å². The highest BCUT2D eigenvalue weighted by atomic mass is 32.1. The quantitative estimate of drug-likeness (QED) is 0.545. The lowest BCUT2D eigenvalue weighted by atomic mass is 10.2. The van der Waals surface area contributed by atoms with Crippen LogP contribution in [0.25, 0.3) is 21.5 Å². The summed E-state index contributed by atoms with van der Waals surface area (Å²) in [5.74, 6) is 1.94. The van der Waals surface area contributed by atoms with Crippen molar-refractivity contribution in [2.24, 2.45) is 0 Å². The molecule has 0 unspecified atom stereocenters. The van der Waals surface area contributed by atoms with Gasteiger partial charge in [0.1, 0.15) is 12.1 Å². The number of anilines is 2. The van der Waals surface area contributed by atoms with E-state index in [4.69, 9.17) is 0 Å². The van der Waals surface area contributed by atoms with Crippen LogP contribution >= 0.6 is 11.3 Å². The lowest BCUT2D eigenvalue weighted by Gasteiger charge is -2.35. The largest absolute Gasteiger partial charge is 0.352 e. The van der Waals surface area contributed by atoms with Crippen LogP contribution in [-0.2, 0) is 0 Å². The van der Waals surface area contributed by atoms with Crippen LogP contribution in [0, 0.1) is 0 Å². The molecule has 7 nitrogen and oxygen atoms in total. The summed E-state index contributed by atoms with van der Waals surface area (Å²) in [5.41, 5.74) is 2.83. The fraction of sp³-hybridized carbons (Fsp3) is 0.211. The lowest BCUT2D eigenvalue weighted by molar-refractivity contribution is 0.640. The average molecular weight is 375 g/mol. The average Bonchev–Trinajstić information content (AvgIpc) is 3.24. The van der Waals surface area contributed by atoms with Gasteiger partial charge in [-0.05, 0) is 35.7 Å². The van der Waals surface area contributed by atoms with E-state index in [1.54, 1.807) is 30.1 Å². The molecule has 27 heavy (non-hydrogen) atoms. The number of piperazine rings is 1. The van der Waals surface area contributed by atoms with Crippen molar-refractivity contribution in [2.75, 3.05) is 36.0 Å². The number of fused-ring (bicyclic) bond motifs is 1. The van der Waals surface area contributed by atoms with Crippen LogP contribution in [0.5, 0.6) is 0 Å². The van der Waals surface area contributed by atoms with Gasteiger partial charge in [-0.25, -0.2) is 9.97 Å². The molecule has 1 saturated heterocycles. The van der Waals surface area contributed by atoms with Crippen molar-refractivity contribution in [3.8, 4) is 11.3 Å². The predicted molar refractivity (Wildman–Crippen MR) is 107 cm³/mol. The number of hydrogen-bond donors (Lipinski definition) is 0. The molecule has 0 spiro atoms. The van der Waals surface area contributed by atoms with E-state index < -0.39 is 0 Å². The zero-order chi connectivity index (χ0) is 18.1.